The standard InChI is InChI=1S/C17H14F3N3O4S/c1-9-5-3-7-11-12(9)21-15(28-11)23-16(14(25)26-2,17(18,19)20)22-13(24)10-6-4-8-27-10/h3-8H,1-2H3,(H,21,23)(H,22,24)/t16-/m0/s1. The van der Waals surface area contributed by atoms with Crippen LogP contribution in [-0.4, -0.2) is 35.8 Å². The highest BCUT2D eigenvalue weighted by Gasteiger charge is 2.64. The summed E-state index contributed by atoms with van der Waals surface area (Å²) in [7, 11) is 0.784. The molecule has 0 unspecified atom stereocenters. The van der Waals surface area contributed by atoms with Gasteiger partial charge in [0.2, 0.25) is 0 Å². The molecule has 1 aromatic carbocycles. The highest BCUT2D eigenvalue weighted by atomic mass is 32.1. The number of esters is 1. The number of methoxy groups -OCH3 is 1. The number of anilines is 1. The zero-order valence-corrected chi connectivity index (χ0v) is 15.4. The molecule has 3 rings (SSSR count). The van der Waals surface area contributed by atoms with Gasteiger partial charge in [-0.2, -0.15) is 13.2 Å². The Morgan fingerprint density at radius 2 is 1.96 bits per heavy atom. The van der Waals surface area contributed by atoms with Gasteiger partial charge >= 0.3 is 17.8 Å². The molecular formula is C17H14F3N3O4S. The number of aromatic nitrogens is 1. The molecule has 2 aromatic heterocycles. The summed E-state index contributed by atoms with van der Waals surface area (Å²) in [6.45, 7) is 1.75. The number of thiazole rings is 1. The van der Waals surface area contributed by atoms with Gasteiger partial charge in [-0.05, 0) is 30.7 Å². The predicted molar refractivity (Wildman–Crippen MR) is 95.0 cm³/mol. The predicted octanol–water partition coefficient (Wildman–Crippen LogP) is 3.47. The van der Waals surface area contributed by atoms with E-state index in [1.54, 1.807) is 30.4 Å². The second-order valence-corrected chi connectivity index (χ2v) is 6.77. The van der Waals surface area contributed by atoms with Crippen molar-refractivity contribution in [2.45, 2.75) is 18.8 Å². The second-order valence-electron chi connectivity index (χ2n) is 5.74. The third-order valence-corrected chi connectivity index (χ3v) is 4.81. The van der Waals surface area contributed by atoms with Gasteiger partial charge in [0.25, 0.3) is 5.91 Å². The number of carbonyl (C=O) groups is 2. The first-order chi connectivity index (χ1) is 13.2. The number of nitrogens with zero attached hydrogens (tertiary/aromatic N) is 1. The molecule has 1 amide bonds. The van der Waals surface area contributed by atoms with E-state index in [1.165, 1.54) is 6.07 Å². The number of furan rings is 1. The first-order valence-corrected chi connectivity index (χ1v) is 8.65. The first-order valence-electron chi connectivity index (χ1n) is 7.83. The number of ether oxygens (including phenoxy) is 1. The maximum Gasteiger partial charge on any atom is 0.442 e. The molecule has 7 nitrogen and oxygen atoms in total. The second kappa shape index (κ2) is 7.15. The highest BCUT2D eigenvalue weighted by molar-refractivity contribution is 7.22. The SMILES string of the molecule is COC(=O)[C@](NC(=O)c1ccco1)(Nc1nc2c(C)cccc2s1)C(F)(F)F. The van der Waals surface area contributed by atoms with Crippen molar-refractivity contribution in [3.63, 3.8) is 0 Å². The van der Waals surface area contributed by atoms with E-state index in [1.807, 2.05) is 5.32 Å². The first kappa shape index (κ1) is 19.7. The Bertz CT molecular complexity index is 1020. The fourth-order valence-corrected chi connectivity index (χ4v) is 3.48. The van der Waals surface area contributed by atoms with Crippen molar-refractivity contribution in [2.24, 2.45) is 0 Å². The van der Waals surface area contributed by atoms with E-state index >= 15 is 0 Å². The molecule has 0 spiro atoms. The van der Waals surface area contributed by atoms with Crippen LogP contribution in [0.3, 0.4) is 0 Å². The minimum Gasteiger partial charge on any atom is -0.466 e. The van der Waals surface area contributed by atoms with Crippen LogP contribution in [0.5, 0.6) is 0 Å². The molecule has 0 aliphatic rings. The average Bonchev–Trinajstić information content (AvgIpc) is 3.29. The van der Waals surface area contributed by atoms with Gasteiger partial charge in [-0.15, -0.1) is 0 Å². The third-order valence-electron chi connectivity index (χ3n) is 3.88. The van der Waals surface area contributed by atoms with E-state index in [0.717, 1.165) is 36.3 Å². The molecule has 0 fully saturated rings. The third kappa shape index (κ3) is 3.40. The lowest BCUT2D eigenvalue weighted by Gasteiger charge is -2.33. The number of aryl methyl sites for hydroxylation is 1. The van der Waals surface area contributed by atoms with Crippen molar-refractivity contribution in [1.29, 1.82) is 0 Å². The monoisotopic (exact) mass is 413 g/mol. The zero-order chi connectivity index (χ0) is 20.5. The van der Waals surface area contributed by atoms with Crippen molar-refractivity contribution in [3.8, 4) is 0 Å². The molecule has 0 saturated heterocycles. The number of nitrogens with one attached hydrogen (secondary N) is 2. The average molecular weight is 413 g/mol. The molecule has 3 aromatic rings. The molecule has 0 aliphatic carbocycles. The van der Waals surface area contributed by atoms with E-state index in [0.29, 0.717) is 10.2 Å². The van der Waals surface area contributed by atoms with Crippen LogP contribution in [0.4, 0.5) is 18.3 Å². The van der Waals surface area contributed by atoms with Crippen LogP contribution in [-0.2, 0) is 9.53 Å². The minimum atomic E-state index is -5.25. The van der Waals surface area contributed by atoms with Crippen molar-refractivity contribution in [2.75, 3.05) is 12.4 Å². The van der Waals surface area contributed by atoms with Crippen LogP contribution in [0.1, 0.15) is 16.1 Å². The van der Waals surface area contributed by atoms with Crippen molar-refractivity contribution in [1.82, 2.24) is 10.3 Å². The van der Waals surface area contributed by atoms with Crippen LogP contribution in [0.15, 0.2) is 41.0 Å². The summed E-state index contributed by atoms with van der Waals surface area (Å²) in [4.78, 5) is 28.6. The molecule has 11 heteroatoms. The number of halogens is 3. The van der Waals surface area contributed by atoms with Gasteiger partial charge in [0.1, 0.15) is 0 Å². The lowest BCUT2D eigenvalue weighted by Crippen LogP contribution is -2.69. The van der Waals surface area contributed by atoms with Gasteiger partial charge in [-0.25, -0.2) is 9.78 Å². The smallest absolute Gasteiger partial charge is 0.442 e. The molecule has 2 heterocycles. The van der Waals surface area contributed by atoms with Crippen LogP contribution in [0.2, 0.25) is 0 Å². The molecule has 2 N–H and O–H groups in total. The number of rotatable bonds is 5. The summed E-state index contributed by atoms with van der Waals surface area (Å²) in [5, 5.41) is 3.47. The molecule has 1 atom stereocenters. The summed E-state index contributed by atoms with van der Waals surface area (Å²) in [5.41, 5.74) is -2.33. The Morgan fingerprint density at radius 3 is 2.54 bits per heavy atom. The van der Waals surface area contributed by atoms with Gasteiger partial charge in [-0.3, -0.25) is 4.79 Å². The molecule has 0 bridgehead atoms. The Labute approximate surface area is 160 Å². The van der Waals surface area contributed by atoms with E-state index in [2.05, 4.69) is 9.72 Å². The number of alkyl halides is 3. The molecule has 0 saturated carbocycles. The van der Waals surface area contributed by atoms with Crippen molar-refractivity contribution < 1.29 is 31.9 Å². The summed E-state index contributed by atoms with van der Waals surface area (Å²) >= 11 is 0.902. The Morgan fingerprint density at radius 1 is 1.21 bits per heavy atom. The molecule has 148 valence electrons. The van der Waals surface area contributed by atoms with E-state index < -0.39 is 29.5 Å². The van der Waals surface area contributed by atoms with Gasteiger partial charge in [0.15, 0.2) is 10.9 Å². The number of carbonyl (C=O) groups excluding carboxylic acids is 2. The summed E-state index contributed by atoms with van der Waals surface area (Å²) in [6, 6.07) is 7.65. The van der Waals surface area contributed by atoms with E-state index in [9.17, 15) is 22.8 Å². The van der Waals surface area contributed by atoms with Crippen LogP contribution >= 0.6 is 11.3 Å². The number of fused-ring (bicyclic) bond motifs is 1. The molecule has 0 aliphatic heterocycles. The van der Waals surface area contributed by atoms with Gasteiger partial charge in [0.05, 0.1) is 23.6 Å². The van der Waals surface area contributed by atoms with Gasteiger partial charge in [-0.1, -0.05) is 23.5 Å². The zero-order valence-electron chi connectivity index (χ0n) is 14.6. The van der Waals surface area contributed by atoms with E-state index in [4.69, 9.17) is 4.42 Å². The largest absolute Gasteiger partial charge is 0.466 e. The highest BCUT2D eigenvalue weighted by Crippen LogP contribution is 2.36. The Balaban J connectivity index is 2.07. The maximum atomic E-state index is 14.0. The van der Waals surface area contributed by atoms with Gasteiger partial charge in [0, 0.05) is 0 Å². The fourth-order valence-electron chi connectivity index (χ4n) is 2.48. The topological polar surface area (TPSA) is 93.5 Å². The van der Waals surface area contributed by atoms with Crippen molar-refractivity contribution >= 4 is 38.6 Å². The number of para-hydroxylation sites is 1. The summed E-state index contributed by atoms with van der Waals surface area (Å²) in [6.07, 6.45) is -4.14. The quantitative estimate of drug-likeness (QED) is 0.492. The lowest BCUT2D eigenvalue weighted by molar-refractivity contribution is -0.203. The molecular weight excluding hydrogens is 399 g/mol. The van der Waals surface area contributed by atoms with Gasteiger partial charge < -0.3 is 19.8 Å². The lowest BCUT2D eigenvalue weighted by atomic mass is 10.1. The van der Waals surface area contributed by atoms with Crippen LogP contribution in [0.25, 0.3) is 10.2 Å². The van der Waals surface area contributed by atoms with E-state index in [-0.39, 0.29) is 5.13 Å². The van der Waals surface area contributed by atoms with Crippen LogP contribution in [0, 0.1) is 6.92 Å². The fraction of sp³-hybridized carbons (Fsp3) is 0.235. The Kier molecular flexibility index (Phi) is 5.02. The Hall–Kier alpha value is -3.08. The van der Waals surface area contributed by atoms with Crippen LogP contribution < -0.4 is 10.6 Å². The number of hydrogen-bond donors (Lipinski definition) is 2. The summed E-state index contributed by atoms with van der Waals surface area (Å²) in [5.74, 6) is -3.41. The summed E-state index contributed by atoms with van der Waals surface area (Å²) < 4.78 is 51.8. The number of amides is 1. The molecule has 28 heavy (non-hydrogen) atoms. The minimum absolute atomic E-state index is 0.216. The maximum absolute atomic E-state index is 14.0. The molecule has 0 radical (unpaired) electrons. The normalized spacial score (nSPS) is 13.8. The number of hydrogen-bond acceptors (Lipinski definition) is 7. The number of benzene rings is 1. The van der Waals surface area contributed by atoms with Crippen molar-refractivity contribution in [3.05, 3.63) is 47.9 Å².